The average Bonchev–Trinajstić information content (AvgIpc) is 2.81. The Balaban J connectivity index is 2.52. The molecular formula is C16H26N2O3S. The summed E-state index contributed by atoms with van der Waals surface area (Å²) in [5.41, 5.74) is 1.24. The van der Waals surface area contributed by atoms with Crippen LogP contribution in [0.5, 0.6) is 0 Å². The van der Waals surface area contributed by atoms with Gasteiger partial charge >= 0.3 is 5.97 Å². The highest BCUT2D eigenvalue weighted by atomic mass is 32.1. The predicted molar refractivity (Wildman–Crippen MR) is 88.8 cm³/mol. The summed E-state index contributed by atoms with van der Waals surface area (Å²) >= 11 is 1.69. The number of aryl methyl sites for hydroxylation is 1. The minimum absolute atomic E-state index is 0.159. The van der Waals surface area contributed by atoms with Gasteiger partial charge in [-0.25, -0.2) is 4.79 Å². The standard InChI is InChI=1S/C16H26N2O3S/c1-11(2)8-13(16(20)21-5)17-15(19)10-18(4)9-14-12(3)6-7-22-14/h6-7,11,13H,8-10H2,1-5H3,(H,17,19). The van der Waals surface area contributed by atoms with Crippen molar-refractivity contribution in [3.63, 3.8) is 0 Å². The van der Waals surface area contributed by atoms with Gasteiger partial charge in [0.25, 0.3) is 0 Å². The Morgan fingerprint density at radius 2 is 2.09 bits per heavy atom. The van der Waals surface area contributed by atoms with Gasteiger partial charge in [0.1, 0.15) is 6.04 Å². The van der Waals surface area contributed by atoms with Crippen molar-refractivity contribution < 1.29 is 14.3 Å². The Morgan fingerprint density at radius 3 is 2.59 bits per heavy atom. The number of esters is 1. The number of amides is 1. The monoisotopic (exact) mass is 326 g/mol. The van der Waals surface area contributed by atoms with E-state index in [-0.39, 0.29) is 18.4 Å². The molecule has 1 unspecified atom stereocenters. The smallest absolute Gasteiger partial charge is 0.328 e. The summed E-state index contributed by atoms with van der Waals surface area (Å²) in [6, 6.07) is 1.50. The second kappa shape index (κ2) is 8.90. The summed E-state index contributed by atoms with van der Waals surface area (Å²) in [5, 5.41) is 4.82. The van der Waals surface area contributed by atoms with Crippen LogP contribution >= 0.6 is 11.3 Å². The summed E-state index contributed by atoms with van der Waals surface area (Å²) < 4.78 is 4.75. The largest absolute Gasteiger partial charge is 0.467 e. The van der Waals surface area contributed by atoms with Crippen LogP contribution < -0.4 is 5.32 Å². The summed E-state index contributed by atoms with van der Waals surface area (Å²) in [5.74, 6) is -0.248. The molecule has 1 amide bonds. The third-order valence-electron chi connectivity index (χ3n) is 3.32. The van der Waals surface area contributed by atoms with Gasteiger partial charge < -0.3 is 10.1 Å². The zero-order valence-corrected chi connectivity index (χ0v) is 14.8. The molecule has 1 N–H and O–H groups in total. The number of methoxy groups -OCH3 is 1. The second-order valence-electron chi connectivity index (χ2n) is 5.97. The molecule has 1 aromatic heterocycles. The first kappa shape index (κ1) is 18.6. The van der Waals surface area contributed by atoms with E-state index in [1.54, 1.807) is 11.3 Å². The van der Waals surface area contributed by atoms with Gasteiger partial charge in [0.05, 0.1) is 13.7 Å². The van der Waals surface area contributed by atoms with Gasteiger partial charge in [-0.2, -0.15) is 0 Å². The van der Waals surface area contributed by atoms with Crippen LogP contribution in [0.2, 0.25) is 0 Å². The topological polar surface area (TPSA) is 58.6 Å². The third kappa shape index (κ3) is 6.15. The zero-order valence-electron chi connectivity index (χ0n) is 14.0. The number of carbonyl (C=O) groups excluding carboxylic acids is 2. The van der Waals surface area contributed by atoms with Crippen molar-refractivity contribution >= 4 is 23.2 Å². The van der Waals surface area contributed by atoms with E-state index in [9.17, 15) is 9.59 Å². The molecule has 0 bridgehead atoms. The van der Waals surface area contributed by atoms with Gasteiger partial charge in [0.15, 0.2) is 0 Å². The third-order valence-corrected chi connectivity index (χ3v) is 4.33. The number of nitrogens with one attached hydrogen (secondary N) is 1. The molecule has 22 heavy (non-hydrogen) atoms. The lowest BCUT2D eigenvalue weighted by atomic mass is 10.0. The Labute approximate surface area is 136 Å². The lowest BCUT2D eigenvalue weighted by molar-refractivity contribution is -0.145. The molecule has 6 heteroatoms. The fraction of sp³-hybridized carbons (Fsp3) is 0.625. The number of rotatable bonds is 8. The molecule has 0 radical (unpaired) electrons. The quantitative estimate of drug-likeness (QED) is 0.744. The molecular weight excluding hydrogens is 300 g/mol. The van der Waals surface area contributed by atoms with E-state index in [1.165, 1.54) is 17.6 Å². The molecule has 0 aliphatic rings. The molecule has 0 aliphatic heterocycles. The van der Waals surface area contributed by atoms with E-state index >= 15 is 0 Å². The first-order valence-corrected chi connectivity index (χ1v) is 8.30. The fourth-order valence-electron chi connectivity index (χ4n) is 2.18. The Morgan fingerprint density at radius 1 is 1.41 bits per heavy atom. The van der Waals surface area contributed by atoms with Crippen molar-refractivity contribution in [2.45, 2.75) is 39.8 Å². The van der Waals surface area contributed by atoms with Gasteiger partial charge in [0.2, 0.25) is 5.91 Å². The van der Waals surface area contributed by atoms with Crippen LogP contribution in [-0.2, 0) is 20.9 Å². The maximum absolute atomic E-state index is 12.1. The average molecular weight is 326 g/mol. The summed E-state index contributed by atoms with van der Waals surface area (Å²) in [6.07, 6.45) is 0.576. The summed E-state index contributed by atoms with van der Waals surface area (Å²) in [6.45, 7) is 7.06. The van der Waals surface area contributed by atoms with Crippen LogP contribution in [-0.4, -0.2) is 43.5 Å². The van der Waals surface area contributed by atoms with Crippen LogP contribution in [0.3, 0.4) is 0 Å². The van der Waals surface area contributed by atoms with Crippen LogP contribution in [0.25, 0.3) is 0 Å². The highest BCUT2D eigenvalue weighted by Gasteiger charge is 2.23. The Hall–Kier alpha value is -1.40. The maximum atomic E-state index is 12.1. The van der Waals surface area contributed by atoms with Crippen molar-refractivity contribution in [3.8, 4) is 0 Å². The molecule has 0 saturated heterocycles. The molecule has 0 aliphatic carbocycles. The molecule has 1 heterocycles. The number of hydrogen-bond acceptors (Lipinski definition) is 5. The van der Waals surface area contributed by atoms with E-state index in [4.69, 9.17) is 4.74 Å². The molecule has 5 nitrogen and oxygen atoms in total. The highest BCUT2D eigenvalue weighted by Crippen LogP contribution is 2.17. The SMILES string of the molecule is COC(=O)C(CC(C)C)NC(=O)CN(C)Cc1sccc1C. The summed E-state index contributed by atoms with van der Waals surface area (Å²) in [4.78, 5) is 27.0. The number of thiophene rings is 1. The van der Waals surface area contributed by atoms with Crippen molar-refractivity contribution in [1.29, 1.82) is 0 Å². The normalized spacial score (nSPS) is 12.5. The van der Waals surface area contributed by atoms with Crippen molar-refractivity contribution in [3.05, 3.63) is 21.9 Å². The maximum Gasteiger partial charge on any atom is 0.328 e. The van der Waals surface area contributed by atoms with E-state index in [0.29, 0.717) is 12.3 Å². The number of hydrogen-bond donors (Lipinski definition) is 1. The molecule has 0 saturated carbocycles. The van der Waals surface area contributed by atoms with Crippen LogP contribution in [0, 0.1) is 12.8 Å². The van der Waals surface area contributed by atoms with Crippen molar-refractivity contribution in [2.24, 2.45) is 5.92 Å². The number of nitrogens with zero attached hydrogens (tertiary/aromatic N) is 1. The first-order chi connectivity index (χ1) is 10.3. The van der Waals surface area contributed by atoms with Crippen LogP contribution in [0.4, 0.5) is 0 Å². The molecule has 1 atom stereocenters. The lowest BCUT2D eigenvalue weighted by Crippen LogP contribution is -2.45. The Kier molecular flexibility index (Phi) is 7.55. The second-order valence-corrected chi connectivity index (χ2v) is 6.97. The van der Waals surface area contributed by atoms with E-state index < -0.39 is 6.04 Å². The summed E-state index contributed by atoms with van der Waals surface area (Å²) in [7, 11) is 3.24. The molecule has 124 valence electrons. The Bertz CT molecular complexity index is 499. The zero-order chi connectivity index (χ0) is 16.7. The van der Waals surface area contributed by atoms with Crippen LogP contribution in [0.1, 0.15) is 30.7 Å². The van der Waals surface area contributed by atoms with E-state index in [1.807, 2.05) is 25.8 Å². The molecule has 1 rings (SSSR count). The minimum atomic E-state index is -0.575. The van der Waals surface area contributed by atoms with Gasteiger partial charge in [-0.3, -0.25) is 9.69 Å². The number of likely N-dealkylation sites (N-methyl/N-ethyl adjacent to an activating group) is 1. The number of carbonyl (C=O) groups is 2. The fourth-order valence-corrected chi connectivity index (χ4v) is 3.17. The molecule has 1 aromatic rings. The molecule has 0 aromatic carbocycles. The van der Waals surface area contributed by atoms with Gasteiger partial charge in [-0.15, -0.1) is 11.3 Å². The highest BCUT2D eigenvalue weighted by molar-refractivity contribution is 7.10. The van der Waals surface area contributed by atoms with Crippen LogP contribution in [0.15, 0.2) is 11.4 Å². The van der Waals surface area contributed by atoms with E-state index in [2.05, 4.69) is 23.7 Å². The van der Waals surface area contributed by atoms with Gasteiger partial charge in [-0.05, 0) is 43.3 Å². The van der Waals surface area contributed by atoms with Crippen molar-refractivity contribution in [1.82, 2.24) is 10.2 Å². The number of ether oxygens (including phenoxy) is 1. The first-order valence-electron chi connectivity index (χ1n) is 7.42. The molecule has 0 spiro atoms. The van der Waals surface area contributed by atoms with Crippen molar-refractivity contribution in [2.75, 3.05) is 20.7 Å². The predicted octanol–water partition coefficient (Wildman–Crippen LogP) is 2.19. The lowest BCUT2D eigenvalue weighted by Gasteiger charge is -2.21. The van der Waals surface area contributed by atoms with Gasteiger partial charge in [0, 0.05) is 11.4 Å². The minimum Gasteiger partial charge on any atom is -0.467 e. The van der Waals surface area contributed by atoms with E-state index in [0.717, 1.165) is 6.54 Å². The molecule has 0 fully saturated rings. The van der Waals surface area contributed by atoms with Gasteiger partial charge in [-0.1, -0.05) is 13.8 Å².